The van der Waals surface area contributed by atoms with Crippen molar-refractivity contribution in [3.63, 3.8) is 0 Å². The molecule has 2 saturated heterocycles. The highest BCUT2D eigenvalue weighted by Crippen LogP contribution is 2.33. The number of nitrogens with one attached hydrogen (secondary N) is 1. The third kappa shape index (κ3) is 4.02. The van der Waals surface area contributed by atoms with Gasteiger partial charge >= 0.3 is 0 Å². The fraction of sp³-hybridized carbons (Fsp3) is 0.688. The fourth-order valence-corrected chi connectivity index (χ4v) is 3.66. The predicted octanol–water partition coefficient (Wildman–Crippen LogP) is 2.31. The van der Waals surface area contributed by atoms with Crippen molar-refractivity contribution in [1.82, 2.24) is 10.2 Å². The molecule has 1 aromatic heterocycles. The van der Waals surface area contributed by atoms with Crippen LogP contribution in [-0.4, -0.2) is 36.5 Å². The number of primary amides is 1. The second kappa shape index (κ2) is 7.43. The van der Waals surface area contributed by atoms with Crippen LogP contribution in [0.4, 0.5) is 0 Å². The number of likely N-dealkylation sites (tertiary alicyclic amines) is 1. The van der Waals surface area contributed by atoms with Crippen molar-refractivity contribution in [3.8, 4) is 0 Å². The summed E-state index contributed by atoms with van der Waals surface area (Å²) < 4.78 is 5.75. The van der Waals surface area contributed by atoms with Gasteiger partial charge < -0.3 is 15.5 Å². The molecule has 0 aromatic carbocycles. The summed E-state index contributed by atoms with van der Waals surface area (Å²) in [4.78, 5) is 13.9. The molecule has 2 aliphatic heterocycles. The minimum Gasteiger partial charge on any atom is -0.455 e. The zero-order chi connectivity index (χ0) is 15.2. The molecule has 0 aliphatic carbocycles. The number of carbonyl (C=O) groups is 1. The Kier molecular flexibility index (Phi) is 6.55. The number of hydrogen-bond acceptors (Lipinski definition) is 4. The standard InChI is InChI=1S/C16H25N3O2.2ClH/c1-16(2,3)14-11(6-13(21-14)15(17)20)9-19-5-4-10-7-18-8-12(10)19;;/h6,10,12,18H,4-5,7-9H2,1-3H3,(H2,17,20);2*1H/t10-,12+;;/m0../s1. The molecule has 0 saturated carbocycles. The molecule has 3 rings (SSSR count). The summed E-state index contributed by atoms with van der Waals surface area (Å²) in [6.07, 6.45) is 1.25. The molecule has 132 valence electrons. The fourth-order valence-electron chi connectivity index (χ4n) is 3.66. The largest absolute Gasteiger partial charge is 0.455 e. The van der Waals surface area contributed by atoms with E-state index in [1.54, 1.807) is 0 Å². The molecule has 3 N–H and O–H groups in total. The first-order chi connectivity index (χ1) is 9.86. The summed E-state index contributed by atoms with van der Waals surface area (Å²) in [7, 11) is 0. The van der Waals surface area contributed by atoms with Crippen LogP contribution in [0.2, 0.25) is 0 Å². The third-order valence-corrected chi connectivity index (χ3v) is 4.67. The lowest BCUT2D eigenvalue weighted by Gasteiger charge is -2.25. The Balaban J connectivity index is 0.00000132. The van der Waals surface area contributed by atoms with E-state index in [2.05, 4.69) is 31.0 Å². The number of rotatable bonds is 3. The highest BCUT2D eigenvalue weighted by Gasteiger charge is 2.38. The SMILES string of the molecule is CC(C)(C)c1oc(C(N)=O)cc1CN1CC[C@H]2CNC[C@H]21.Cl.Cl. The zero-order valence-corrected chi connectivity index (χ0v) is 15.6. The summed E-state index contributed by atoms with van der Waals surface area (Å²) in [5, 5.41) is 3.47. The molecule has 0 bridgehead atoms. The zero-order valence-electron chi connectivity index (χ0n) is 13.9. The van der Waals surface area contributed by atoms with Gasteiger partial charge in [0.1, 0.15) is 5.76 Å². The number of furan rings is 1. The highest BCUT2D eigenvalue weighted by atomic mass is 35.5. The van der Waals surface area contributed by atoms with Gasteiger partial charge in [-0.15, -0.1) is 24.8 Å². The molecule has 0 radical (unpaired) electrons. The van der Waals surface area contributed by atoms with Crippen LogP contribution in [-0.2, 0) is 12.0 Å². The van der Waals surface area contributed by atoms with Crippen molar-refractivity contribution in [3.05, 3.63) is 23.2 Å². The van der Waals surface area contributed by atoms with Crippen molar-refractivity contribution >= 4 is 30.7 Å². The third-order valence-electron chi connectivity index (χ3n) is 4.67. The minimum atomic E-state index is -0.492. The Hall–Kier alpha value is -0.750. The van der Waals surface area contributed by atoms with Crippen molar-refractivity contribution < 1.29 is 9.21 Å². The van der Waals surface area contributed by atoms with Gasteiger partial charge in [0, 0.05) is 30.1 Å². The molecule has 2 atom stereocenters. The van der Waals surface area contributed by atoms with E-state index in [4.69, 9.17) is 10.2 Å². The predicted molar refractivity (Wildman–Crippen MR) is 95.6 cm³/mol. The lowest BCUT2D eigenvalue weighted by atomic mass is 9.90. The van der Waals surface area contributed by atoms with Gasteiger partial charge in [0.15, 0.2) is 5.76 Å². The lowest BCUT2D eigenvalue weighted by molar-refractivity contribution is 0.0970. The van der Waals surface area contributed by atoms with Crippen LogP contribution in [0, 0.1) is 5.92 Å². The maximum absolute atomic E-state index is 11.4. The molecule has 5 nitrogen and oxygen atoms in total. The maximum atomic E-state index is 11.4. The molecular weight excluding hydrogens is 337 g/mol. The van der Waals surface area contributed by atoms with E-state index in [1.165, 1.54) is 6.42 Å². The summed E-state index contributed by atoms with van der Waals surface area (Å²) in [5.41, 5.74) is 6.35. The van der Waals surface area contributed by atoms with E-state index in [1.807, 2.05) is 6.07 Å². The van der Waals surface area contributed by atoms with E-state index in [0.717, 1.165) is 43.4 Å². The topological polar surface area (TPSA) is 71.5 Å². The Labute approximate surface area is 150 Å². The summed E-state index contributed by atoms with van der Waals surface area (Å²) in [6, 6.07) is 2.45. The minimum absolute atomic E-state index is 0. The summed E-state index contributed by atoms with van der Waals surface area (Å²) >= 11 is 0. The number of hydrogen-bond donors (Lipinski definition) is 2. The average Bonchev–Trinajstić information content (AvgIpc) is 3.05. The molecule has 1 aromatic rings. The van der Waals surface area contributed by atoms with Crippen molar-refractivity contribution in [2.24, 2.45) is 11.7 Å². The van der Waals surface area contributed by atoms with Crippen LogP contribution in [0.15, 0.2) is 10.5 Å². The van der Waals surface area contributed by atoms with Crippen LogP contribution in [0.1, 0.15) is 49.1 Å². The second-order valence-corrected chi connectivity index (χ2v) is 7.32. The molecule has 2 fully saturated rings. The molecule has 7 heteroatoms. The van der Waals surface area contributed by atoms with Gasteiger partial charge in [0.2, 0.25) is 0 Å². The second-order valence-electron chi connectivity index (χ2n) is 7.32. The van der Waals surface area contributed by atoms with Gasteiger partial charge in [-0.25, -0.2) is 0 Å². The van der Waals surface area contributed by atoms with Crippen molar-refractivity contribution in [2.45, 2.75) is 45.2 Å². The molecule has 1 amide bonds. The first-order valence-corrected chi connectivity index (χ1v) is 7.74. The maximum Gasteiger partial charge on any atom is 0.284 e. The molecule has 0 unspecified atom stereocenters. The van der Waals surface area contributed by atoms with Crippen LogP contribution >= 0.6 is 24.8 Å². The van der Waals surface area contributed by atoms with Gasteiger partial charge in [-0.3, -0.25) is 9.69 Å². The van der Waals surface area contributed by atoms with Crippen molar-refractivity contribution in [2.75, 3.05) is 19.6 Å². The van der Waals surface area contributed by atoms with Gasteiger partial charge in [-0.05, 0) is 31.5 Å². The van der Waals surface area contributed by atoms with Crippen LogP contribution in [0.25, 0.3) is 0 Å². The molecule has 3 heterocycles. The van der Waals surface area contributed by atoms with Crippen molar-refractivity contribution in [1.29, 1.82) is 0 Å². The molecule has 0 spiro atoms. The van der Waals surface area contributed by atoms with Gasteiger partial charge in [-0.2, -0.15) is 0 Å². The number of amides is 1. The summed E-state index contributed by atoms with van der Waals surface area (Å²) in [6.45, 7) is 10.5. The number of halogens is 2. The van der Waals surface area contributed by atoms with Crippen LogP contribution < -0.4 is 11.1 Å². The molecular formula is C16H27Cl2N3O2. The Morgan fingerprint density at radius 3 is 2.70 bits per heavy atom. The Morgan fingerprint density at radius 2 is 2.09 bits per heavy atom. The van der Waals surface area contributed by atoms with E-state index in [9.17, 15) is 4.79 Å². The van der Waals surface area contributed by atoms with E-state index >= 15 is 0 Å². The van der Waals surface area contributed by atoms with Gasteiger partial charge in [-0.1, -0.05) is 20.8 Å². The quantitative estimate of drug-likeness (QED) is 0.864. The number of nitrogens with two attached hydrogens (primary N) is 1. The lowest BCUT2D eigenvalue weighted by Crippen LogP contribution is -2.34. The van der Waals surface area contributed by atoms with E-state index in [-0.39, 0.29) is 36.0 Å². The molecule has 2 aliphatic rings. The average molecular weight is 364 g/mol. The number of fused-ring (bicyclic) bond motifs is 1. The van der Waals surface area contributed by atoms with E-state index < -0.39 is 5.91 Å². The highest BCUT2D eigenvalue weighted by molar-refractivity contribution is 5.90. The van der Waals surface area contributed by atoms with Gasteiger partial charge in [0.25, 0.3) is 5.91 Å². The summed E-state index contributed by atoms with van der Waals surface area (Å²) in [5.74, 6) is 1.43. The monoisotopic (exact) mass is 363 g/mol. The Morgan fingerprint density at radius 1 is 1.39 bits per heavy atom. The van der Waals surface area contributed by atoms with Crippen LogP contribution in [0.5, 0.6) is 0 Å². The smallest absolute Gasteiger partial charge is 0.284 e. The first-order valence-electron chi connectivity index (χ1n) is 7.74. The number of carbonyl (C=O) groups excluding carboxylic acids is 1. The molecule has 23 heavy (non-hydrogen) atoms. The van der Waals surface area contributed by atoms with Crippen LogP contribution in [0.3, 0.4) is 0 Å². The van der Waals surface area contributed by atoms with Gasteiger partial charge in [0.05, 0.1) is 0 Å². The number of nitrogens with zero attached hydrogens (tertiary/aromatic N) is 1. The van der Waals surface area contributed by atoms with E-state index in [0.29, 0.717) is 6.04 Å². The Bertz CT molecular complexity index is 554. The normalized spacial score (nSPS) is 24.0. The first kappa shape index (κ1) is 20.3.